The quantitative estimate of drug-likeness (QED) is 0.554. The molecule has 7 heteroatoms. The summed E-state index contributed by atoms with van der Waals surface area (Å²) in [5.74, 6) is -0.343. The number of aryl methyl sites for hydroxylation is 1. The third-order valence-electron chi connectivity index (χ3n) is 6.06. The number of esters is 1. The van der Waals surface area contributed by atoms with Gasteiger partial charge in [0.25, 0.3) is 0 Å². The standard InChI is InChI=1S/C24H28N2O4S/c1-16-12-13-17(14-22(16)31(28,29)26-18-8-4-3-5-9-18)24-20(15-23(27)30-2)19-10-6-7-11-21(19)25-24/h6-7,10-14,18,25-26H,3-5,8-9,15H2,1-2H3. The number of benzene rings is 2. The van der Waals surface area contributed by atoms with Crippen molar-refractivity contribution >= 4 is 26.9 Å². The van der Waals surface area contributed by atoms with E-state index in [1.807, 2.05) is 36.4 Å². The molecule has 1 saturated carbocycles. The van der Waals surface area contributed by atoms with Crippen molar-refractivity contribution in [3.8, 4) is 11.3 Å². The molecule has 1 aromatic heterocycles. The predicted octanol–water partition coefficient (Wildman–Crippen LogP) is 4.47. The molecule has 0 unspecified atom stereocenters. The number of rotatable bonds is 6. The van der Waals surface area contributed by atoms with E-state index in [4.69, 9.17) is 4.74 Å². The lowest BCUT2D eigenvalue weighted by molar-refractivity contribution is -0.139. The van der Waals surface area contributed by atoms with Gasteiger partial charge in [0.2, 0.25) is 10.0 Å². The van der Waals surface area contributed by atoms with Crippen LogP contribution in [0.15, 0.2) is 47.4 Å². The molecule has 0 spiro atoms. The molecule has 6 nitrogen and oxygen atoms in total. The minimum Gasteiger partial charge on any atom is -0.469 e. The zero-order valence-electron chi connectivity index (χ0n) is 17.9. The summed E-state index contributed by atoms with van der Waals surface area (Å²) in [6.07, 6.45) is 5.13. The Morgan fingerprint density at radius 3 is 2.61 bits per heavy atom. The Morgan fingerprint density at radius 1 is 1.13 bits per heavy atom. The first kappa shape index (κ1) is 21.6. The van der Waals surface area contributed by atoms with Gasteiger partial charge in [0.15, 0.2) is 0 Å². The summed E-state index contributed by atoms with van der Waals surface area (Å²) in [5.41, 5.74) is 3.85. The fourth-order valence-electron chi connectivity index (χ4n) is 4.40. The van der Waals surface area contributed by atoms with Crippen LogP contribution in [0.2, 0.25) is 0 Å². The van der Waals surface area contributed by atoms with Crippen molar-refractivity contribution in [2.45, 2.75) is 56.4 Å². The molecule has 1 aliphatic rings. The Kier molecular flexibility index (Phi) is 6.16. The van der Waals surface area contributed by atoms with Gasteiger partial charge in [-0.1, -0.05) is 49.6 Å². The number of carbonyl (C=O) groups is 1. The summed E-state index contributed by atoms with van der Waals surface area (Å²) in [5, 5.41) is 0.924. The number of H-pyrrole nitrogens is 1. The molecule has 1 heterocycles. The fraction of sp³-hybridized carbons (Fsp3) is 0.375. The van der Waals surface area contributed by atoms with Crippen molar-refractivity contribution in [3.05, 3.63) is 53.6 Å². The Balaban J connectivity index is 1.77. The number of hydrogen-bond acceptors (Lipinski definition) is 4. The SMILES string of the molecule is COC(=O)Cc1c(-c2ccc(C)c(S(=O)(=O)NC3CCCCC3)c2)[nH]c2ccccc12. The number of aromatic amines is 1. The maximum absolute atomic E-state index is 13.2. The number of carbonyl (C=O) groups excluding carboxylic acids is 1. The van der Waals surface area contributed by atoms with E-state index in [1.54, 1.807) is 13.0 Å². The van der Waals surface area contributed by atoms with Gasteiger partial charge in [0, 0.05) is 16.9 Å². The van der Waals surface area contributed by atoms with Crippen LogP contribution in [0.25, 0.3) is 22.2 Å². The zero-order valence-corrected chi connectivity index (χ0v) is 18.7. The van der Waals surface area contributed by atoms with Crippen LogP contribution in [0.5, 0.6) is 0 Å². The van der Waals surface area contributed by atoms with E-state index in [9.17, 15) is 13.2 Å². The summed E-state index contributed by atoms with van der Waals surface area (Å²) in [6.45, 7) is 1.81. The number of para-hydroxylation sites is 1. The largest absolute Gasteiger partial charge is 0.469 e. The van der Waals surface area contributed by atoms with Gasteiger partial charge >= 0.3 is 5.97 Å². The summed E-state index contributed by atoms with van der Waals surface area (Å²) in [6, 6.07) is 13.1. The highest BCUT2D eigenvalue weighted by Crippen LogP contribution is 2.33. The molecule has 0 radical (unpaired) electrons. The Bertz CT molecular complexity index is 1210. The lowest BCUT2D eigenvalue weighted by atomic mass is 9.96. The number of nitrogens with one attached hydrogen (secondary N) is 2. The zero-order chi connectivity index (χ0) is 22.0. The fourth-order valence-corrected chi connectivity index (χ4v) is 5.97. The lowest BCUT2D eigenvalue weighted by Crippen LogP contribution is -2.36. The minimum absolute atomic E-state index is 0.00947. The van der Waals surface area contributed by atoms with Gasteiger partial charge in [-0.25, -0.2) is 13.1 Å². The van der Waals surface area contributed by atoms with Gasteiger partial charge < -0.3 is 9.72 Å². The number of ether oxygens (including phenoxy) is 1. The van der Waals surface area contributed by atoms with Crippen LogP contribution in [0.1, 0.15) is 43.2 Å². The Labute approximate surface area is 183 Å². The molecule has 0 amide bonds. The summed E-state index contributed by atoms with van der Waals surface area (Å²) >= 11 is 0. The van der Waals surface area contributed by atoms with Crippen molar-refractivity contribution in [3.63, 3.8) is 0 Å². The summed E-state index contributed by atoms with van der Waals surface area (Å²) in [4.78, 5) is 15.7. The molecule has 164 valence electrons. The molecule has 3 aromatic rings. The van der Waals surface area contributed by atoms with Crippen molar-refractivity contribution in [2.24, 2.45) is 0 Å². The van der Waals surface area contributed by atoms with Gasteiger partial charge in [0.05, 0.1) is 24.1 Å². The second-order valence-corrected chi connectivity index (χ2v) is 9.90. The Hall–Kier alpha value is -2.64. The lowest BCUT2D eigenvalue weighted by Gasteiger charge is -2.23. The van der Waals surface area contributed by atoms with Crippen LogP contribution in [-0.2, 0) is 26.0 Å². The number of sulfonamides is 1. The first-order chi connectivity index (χ1) is 14.9. The molecule has 4 rings (SSSR count). The van der Waals surface area contributed by atoms with E-state index in [2.05, 4.69) is 9.71 Å². The number of methoxy groups -OCH3 is 1. The first-order valence-electron chi connectivity index (χ1n) is 10.7. The molecule has 0 atom stereocenters. The van der Waals surface area contributed by atoms with Gasteiger partial charge in [-0.15, -0.1) is 0 Å². The molecule has 1 aliphatic carbocycles. The van der Waals surface area contributed by atoms with Crippen molar-refractivity contribution in [1.29, 1.82) is 0 Å². The van der Waals surface area contributed by atoms with Gasteiger partial charge in [0.1, 0.15) is 0 Å². The average Bonchev–Trinajstić information content (AvgIpc) is 3.12. The number of hydrogen-bond donors (Lipinski definition) is 2. The molecule has 1 fully saturated rings. The molecule has 2 N–H and O–H groups in total. The molecular formula is C24H28N2O4S. The van der Waals surface area contributed by atoms with Crippen molar-refractivity contribution in [2.75, 3.05) is 7.11 Å². The molecule has 0 aliphatic heterocycles. The highest BCUT2D eigenvalue weighted by Gasteiger charge is 2.25. The van der Waals surface area contributed by atoms with Crippen LogP contribution in [-0.4, -0.2) is 32.5 Å². The summed E-state index contributed by atoms with van der Waals surface area (Å²) < 4.78 is 34.2. The van der Waals surface area contributed by atoms with E-state index in [1.165, 1.54) is 7.11 Å². The smallest absolute Gasteiger partial charge is 0.310 e. The van der Waals surface area contributed by atoms with Crippen molar-refractivity contribution < 1.29 is 17.9 Å². The second-order valence-electron chi connectivity index (χ2n) is 8.21. The van der Waals surface area contributed by atoms with Gasteiger partial charge in [-0.2, -0.15) is 0 Å². The maximum atomic E-state index is 13.2. The van der Waals surface area contributed by atoms with Gasteiger partial charge in [-0.05, 0) is 48.6 Å². The Morgan fingerprint density at radius 2 is 1.87 bits per heavy atom. The maximum Gasteiger partial charge on any atom is 0.310 e. The minimum atomic E-state index is -3.65. The normalized spacial score (nSPS) is 15.3. The molecule has 2 aromatic carbocycles. The van der Waals surface area contributed by atoms with E-state index < -0.39 is 10.0 Å². The molecule has 0 saturated heterocycles. The third kappa shape index (κ3) is 4.52. The van der Waals surface area contributed by atoms with Gasteiger partial charge in [-0.3, -0.25) is 4.79 Å². The highest BCUT2D eigenvalue weighted by atomic mass is 32.2. The van der Waals surface area contributed by atoms with Crippen LogP contribution in [0.3, 0.4) is 0 Å². The third-order valence-corrected chi connectivity index (χ3v) is 7.72. The second kappa shape index (κ2) is 8.85. The monoisotopic (exact) mass is 440 g/mol. The van der Waals surface area contributed by atoms with Crippen LogP contribution in [0.4, 0.5) is 0 Å². The average molecular weight is 441 g/mol. The van der Waals surface area contributed by atoms with E-state index in [0.29, 0.717) is 5.56 Å². The topological polar surface area (TPSA) is 88.3 Å². The van der Waals surface area contributed by atoms with E-state index >= 15 is 0 Å². The number of fused-ring (bicyclic) bond motifs is 1. The first-order valence-corrected chi connectivity index (χ1v) is 12.2. The van der Waals surface area contributed by atoms with E-state index in [-0.39, 0.29) is 23.3 Å². The van der Waals surface area contributed by atoms with Crippen LogP contribution < -0.4 is 4.72 Å². The van der Waals surface area contributed by atoms with Crippen LogP contribution in [0, 0.1) is 6.92 Å². The summed E-state index contributed by atoms with van der Waals surface area (Å²) in [7, 11) is -2.28. The highest BCUT2D eigenvalue weighted by molar-refractivity contribution is 7.89. The van der Waals surface area contributed by atoms with Crippen molar-refractivity contribution in [1.82, 2.24) is 9.71 Å². The van der Waals surface area contributed by atoms with E-state index in [0.717, 1.165) is 59.8 Å². The predicted molar refractivity (Wildman–Crippen MR) is 121 cm³/mol. The molecule has 0 bridgehead atoms. The van der Waals surface area contributed by atoms with Crippen LogP contribution >= 0.6 is 0 Å². The number of aromatic nitrogens is 1. The molecular weight excluding hydrogens is 412 g/mol. The molecule has 31 heavy (non-hydrogen) atoms.